The van der Waals surface area contributed by atoms with Crippen LogP contribution in [0.15, 0.2) is 35.7 Å². The number of carbonyl (C=O) groups is 4. The summed E-state index contributed by atoms with van der Waals surface area (Å²) in [6.45, 7) is 8.31. The van der Waals surface area contributed by atoms with Crippen molar-refractivity contribution in [2.75, 3.05) is 13.1 Å². The van der Waals surface area contributed by atoms with Crippen LogP contribution >= 0.6 is 11.3 Å². The average Bonchev–Trinajstić information content (AvgIpc) is 3.24. The highest BCUT2D eigenvalue weighted by Crippen LogP contribution is 2.21. The Bertz CT molecular complexity index is 1040. The maximum atomic E-state index is 12.7. The molecule has 0 bridgehead atoms. The highest BCUT2D eigenvalue weighted by Gasteiger charge is 2.33. The molecule has 0 unspecified atom stereocenters. The van der Waals surface area contributed by atoms with Crippen LogP contribution in [0.4, 0.5) is 9.59 Å². The summed E-state index contributed by atoms with van der Waals surface area (Å²) in [5.41, 5.74) is -1.11. The minimum Gasteiger partial charge on any atom is -0.481 e. The molecule has 11 heteroatoms. The summed E-state index contributed by atoms with van der Waals surface area (Å²) in [5, 5.41) is 13.6. The molecule has 1 aromatic carbocycles. The summed E-state index contributed by atoms with van der Waals surface area (Å²) in [7, 11) is 0. The molecule has 0 fully saturated rings. The lowest BCUT2D eigenvalue weighted by Crippen LogP contribution is -2.45. The molecule has 0 atom stereocenters. The third-order valence-corrected chi connectivity index (χ3v) is 5.53. The predicted molar refractivity (Wildman–Crippen MR) is 129 cm³/mol. The fourth-order valence-electron chi connectivity index (χ4n) is 2.78. The van der Waals surface area contributed by atoms with Crippen LogP contribution in [0.5, 0.6) is 0 Å². The van der Waals surface area contributed by atoms with E-state index in [1.54, 1.807) is 32.9 Å². The van der Waals surface area contributed by atoms with E-state index in [9.17, 15) is 24.3 Å². The van der Waals surface area contributed by atoms with Crippen molar-refractivity contribution in [2.45, 2.75) is 53.2 Å². The van der Waals surface area contributed by atoms with E-state index >= 15 is 0 Å². The number of rotatable bonds is 9. The first-order valence-corrected chi connectivity index (χ1v) is 11.8. The Kier molecular flexibility index (Phi) is 9.35. The molecule has 0 aliphatic rings. The molecule has 2 aromatic rings. The summed E-state index contributed by atoms with van der Waals surface area (Å²) >= 11 is 1.19. The standard InChI is InChI=1S/C24H31N3O7S/c1-23(2,3)34-22(32)27(15-24(4,5)20(29)30)12-11-18-25-17(14-35-18)19(28)26-21(31)33-13-16-9-7-6-8-10-16/h6-10,14H,11-13,15H2,1-5H3,(H,29,30)(H,26,28,31). The SMILES string of the molecule is CC(C)(C)OC(=O)N(CCc1nc(C(=O)NC(=O)OCc2ccccc2)cs1)CC(C)(C)C(=O)O. The van der Waals surface area contributed by atoms with Crippen molar-refractivity contribution >= 4 is 35.4 Å². The smallest absolute Gasteiger partial charge is 0.414 e. The van der Waals surface area contributed by atoms with Gasteiger partial charge in [0.1, 0.15) is 17.9 Å². The third-order valence-electron chi connectivity index (χ3n) is 4.63. The monoisotopic (exact) mass is 505 g/mol. The summed E-state index contributed by atoms with van der Waals surface area (Å²) in [6, 6.07) is 9.04. The van der Waals surface area contributed by atoms with Gasteiger partial charge in [0.2, 0.25) is 0 Å². The second kappa shape index (κ2) is 11.8. The van der Waals surface area contributed by atoms with Gasteiger partial charge in [-0.15, -0.1) is 11.3 Å². The Balaban J connectivity index is 1.96. The second-order valence-electron chi connectivity index (χ2n) is 9.48. The van der Waals surface area contributed by atoms with E-state index in [-0.39, 0.29) is 31.8 Å². The van der Waals surface area contributed by atoms with E-state index in [1.807, 2.05) is 18.2 Å². The number of aromatic nitrogens is 1. The number of nitrogens with zero attached hydrogens (tertiary/aromatic N) is 2. The highest BCUT2D eigenvalue weighted by atomic mass is 32.1. The summed E-state index contributed by atoms with van der Waals surface area (Å²) in [6.07, 6.45) is -1.26. The topological polar surface area (TPSA) is 135 Å². The number of hydrogen-bond donors (Lipinski definition) is 2. The fraction of sp³-hybridized carbons (Fsp3) is 0.458. The molecule has 0 saturated carbocycles. The largest absolute Gasteiger partial charge is 0.481 e. The molecule has 0 aliphatic heterocycles. The summed E-state index contributed by atoms with van der Waals surface area (Å²) < 4.78 is 10.5. The number of imide groups is 1. The van der Waals surface area contributed by atoms with Crippen LogP contribution in [0.25, 0.3) is 0 Å². The maximum absolute atomic E-state index is 12.7. The third kappa shape index (κ3) is 9.36. The van der Waals surface area contributed by atoms with Crippen LogP contribution in [-0.2, 0) is 27.3 Å². The molecule has 1 heterocycles. The van der Waals surface area contributed by atoms with Gasteiger partial charge < -0.3 is 19.5 Å². The zero-order chi connectivity index (χ0) is 26.2. The lowest BCUT2D eigenvalue weighted by atomic mass is 9.93. The predicted octanol–water partition coefficient (Wildman–Crippen LogP) is 4.10. The van der Waals surface area contributed by atoms with E-state index < -0.39 is 35.1 Å². The van der Waals surface area contributed by atoms with Crippen molar-refractivity contribution in [2.24, 2.45) is 5.41 Å². The van der Waals surface area contributed by atoms with Crippen molar-refractivity contribution in [3.8, 4) is 0 Å². The molecule has 2 rings (SSSR count). The number of hydrogen-bond acceptors (Lipinski definition) is 8. The van der Waals surface area contributed by atoms with Crippen LogP contribution in [0.2, 0.25) is 0 Å². The average molecular weight is 506 g/mol. The molecule has 0 aliphatic carbocycles. The molecule has 1 aromatic heterocycles. The van der Waals surface area contributed by atoms with Gasteiger partial charge in [-0.2, -0.15) is 0 Å². The van der Waals surface area contributed by atoms with Gasteiger partial charge in [0.15, 0.2) is 0 Å². The van der Waals surface area contributed by atoms with Crippen LogP contribution in [0.1, 0.15) is 55.7 Å². The normalized spacial score (nSPS) is 11.5. The van der Waals surface area contributed by atoms with E-state index in [0.717, 1.165) is 5.56 Å². The zero-order valence-electron chi connectivity index (χ0n) is 20.5. The van der Waals surface area contributed by atoms with Crippen molar-refractivity contribution in [3.05, 3.63) is 52.0 Å². The van der Waals surface area contributed by atoms with E-state index in [4.69, 9.17) is 9.47 Å². The highest BCUT2D eigenvalue weighted by molar-refractivity contribution is 7.09. The molecule has 0 saturated heterocycles. The molecule has 10 nitrogen and oxygen atoms in total. The van der Waals surface area contributed by atoms with Gasteiger partial charge in [0.25, 0.3) is 5.91 Å². The maximum Gasteiger partial charge on any atom is 0.414 e. The molecular formula is C24H31N3O7S. The fourth-order valence-corrected chi connectivity index (χ4v) is 3.55. The molecule has 0 radical (unpaired) electrons. The van der Waals surface area contributed by atoms with E-state index in [0.29, 0.717) is 5.01 Å². The van der Waals surface area contributed by atoms with Gasteiger partial charge in [-0.1, -0.05) is 30.3 Å². The van der Waals surface area contributed by atoms with E-state index in [1.165, 1.54) is 35.5 Å². The minimum absolute atomic E-state index is 0.0233. The van der Waals surface area contributed by atoms with Crippen LogP contribution in [0.3, 0.4) is 0 Å². The molecule has 3 amide bonds. The van der Waals surface area contributed by atoms with Gasteiger partial charge in [-0.05, 0) is 40.2 Å². The number of benzene rings is 1. The number of amides is 3. The van der Waals surface area contributed by atoms with Crippen molar-refractivity contribution in [1.29, 1.82) is 0 Å². The van der Waals surface area contributed by atoms with Crippen molar-refractivity contribution < 1.29 is 33.8 Å². The second-order valence-corrected chi connectivity index (χ2v) is 10.4. The van der Waals surface area contributed by atoms with Crippen LogP contribution in [-0.4, -0.2) is 57.7 Å². The van der Waals surface area contributed by atoms with Crippen LogP contribution < -0.4 is 5.32 Å². The number of alkyl carbamates (subject to hydrolysis) is 1. The Morgan fingerprint density at radius 3 is 2.34 bits per heavy atom. The molecule has 2 N–H and O–H groups in total. The molecule has 0 spiro atoms. The van der Waals surface area contributed by atoms with Gasteiger partial charge in [0, 0.05) is 24.9 Å². The summed E-state index contributed by atoms with van der Waals surface area (Å²) in [4.78, 5) is 54.0. The molecule has 35 heavy (non-hydrogen) atoms. The number of ether oxygens (including phenoxy) is 2. The quantitative estimate of drug-likeness (QED) is 0.520. The van der Waals surface area contributed by atoms with Gasteiger partial charge >= 0.3 is 18.2 Å². The van der Waals surface area contributed by atoms with Crippen LogP contribution in [0, 0.1) is 5.41 Å². The number of aliphatic carboxylic acids is 1. The van der Waals surface area contributed by atoms with Gasteiger partial charge in [0.05, 0.1) is 10.4 Å². The lowest BCUT2D eigenvalue weighted by molar-refractivity contribution is -0.147. The minimum atomic E-state index is -1.19. The molecular weight excluding hydrogens is 474 g/mol. The van der Waals surface area contributed by atoms with E-state index in [2.05, 4.69) is 10.3 Å². The Morgan fingerprint density at radius 2 is 1.74 bits per heavy atom. The first-order chi connectivity index (χ1) is 16.3. The Labute approximate surface area is 208 Å². The lowest BCUT2D eigenvalue weighted by Gasteiger charge is -2.31. The Hall–Kier alpha value is -3.47. The number of nitrogens with one attached hydrogen (secondary N) is 1. The van der Waals surface area contributed by atoms with Crippen molar-refractivity contribution in [1.82, 2.24) is 15.2 Å². The number of carboxylic acid groups (broad SMARTS) is 1. The number of carboxylic acids is 1. The number of carbonyl (C=O) groups excluding carboxylic acids is 3. The first-order valence-electron chi connectivity index (χ1n) is 10.9. The number of thiazole rings is 1. The first kappa shape index (κ1) is 27.8. The molecule has 190 valence electrons. The zero-order valence-corrected chi connectivity index (χ0v) is 21.3. The van der Waals surface area contributed by atoms with Crippen molar-refractivity contribution in [3.63, 3.8) is 0 Å². The van der Waals surface area contributed by atoms with Gasteiger partial charge in [-0.25, -0.2) is 14.6 Å². The summed E-state index contributed by atoms with van der Waals surface area (Å²) in [5.74, 6) is -1.75. The van der Waals surface area contributed by atoms with Gasteiger partial charge in [-0.3, -0.25) is 14.9 Å². The Morgan fingerprint density at radius 1 is 1.09 bits per heavy atom.